The summed E-state index contributed by atoms with van der Waals surface area (Å²) in [4.78, 5) is 12.3. The van der Waals surface area contributed by atoms with Crippen LogP contribution in [0.25, 0.3) is 0 Å². The summed E-state index contributed by atoms with van der Waals surface area (Å²) in [7, 11) is 0. The highest BCUT2D eigenvalue weighted by atomic mass is 16.5. The number of aryl methyl sites for hydroxylation is 1. The zero-order valence-corrected chi connectivity index (χ0v) is 11.7. The second-order valence-corrected chi connectivity index (χ2v) is 5.19. The molecule has 1 heterocycles. The van der Waals surface area contributed by atoms with Gasteiger partial charge in [-0.15, -0.1) is 0 Å². The van der Waals surface area contributed by atoms with Crippen molar-refractivity contribution in [1.29, 1.82) is 0 Å². The van der Waals surface area contributed by atoms with Crippen LogP contribution >= 0.6 is 0 Å². The van der Waals surface area contributed by atoms with Crippen molar-refractivity contribution in [2.45, 2.75) is 26.2 Å². The van der Waals surface area contributed by atoms with Crippen molar-refractivity contribution in [2.75, 3.05) is 6.61 Å². The van der Waals surface area contributed by atoms with Gasteiger partial charge in [0.25, 0.3) is 0 Å². The SMILES string of the molecule is CCc1ccc(CC(=O)c2ccc3c(c2)CCO3)cc1. The second-order valence-electron chi connectivity index (χ2n) is 5.19. The lowest BCUT2D eigenvalue weighted by molar-refractivity contribution is 0.0993. The van der Waals surface area contributed by atoms with Crippen LogP contribution in [0.2, 0.25) is 0 Å². The van der Waals surface area contributed by atoms with E-state index < -0.39 is 0 Å². The Kier molecular flexibility index (Phi) is 3.55. The summed E-state index contributed by atoms with van der Waals surface area (Å²) >= 11 is 0. The Morgan fingerprint density at radius 3 is 2.60 bits per heavy atom. The van der Waals surface area contributed by atoms with Gasteiger partial charge in [0.1, 0.15) is 5.75 Å². The van der Waals surface area contributed by atoms with Crippen molar-refractivity contribution in [1.82, 2.24) is 0 Å². The molecule has 0 fully saturated rings. The number of hydrogen-bond donors (Lipinski definition) is 0. The topological polar surface area (TPSA) is 26.3 Å². The number of rotatable bonds is 4. The lowest BCUT2D eigenvalue weighted by Gasteiger charge is -2.05. The van der Waals surface area contributed by atoms with E-state index in [9.17, 15) is 4.79 Å². The average molecular weight is 266 g/mol. The fraction of sp³-hybridized carbons (Fsp3) is 0.278. The zero-order valence-electron chi connectivity index (χ0n) is 11.7. The summed E-state index contributed by atoms with van der Waals surface area (Å²) in [6.07, 6.45) is 2.39. The number of ketones is 1. The van der Waals surface area contributed by atoms with Crippen molar-refractivity contribution in [3.63, 3.8) is 0 Å². The highest BCUT2D eigenvalue weighted by molar-refractivity contribution is 5.97. The molecule has 0 radical (unpaired) electrons. The fourth-order valence-electron chi connectivity index (χ4n) is 2.54. The van der Waals surface area contributed by atoms with Gasteiger partial charge in [-0.2, -0.15) is 0 Å². The third-order valence-electron chi connectivity index (χ3n) is 3.81. The third-order valence-corrected chi connectivity index (χ3v) is 3.81. The highest BCUT2D eigenvalue weighted by Gasteiger charge is 2.15. The van der Waals surface area contributed by atoms with Crippen molar-refractivity contribution < 1.29 is 9.53 Å². The summed E-state index contributed by atoms with van der Waals surface area (Å²) < 4.78 is 5.47. The fourth-order valence-corrected chi connectivity index (χ4v) is 2.54. The number of hydrogen-bond acceptors (Lipinski definition) is 2. The first-order chi connectivity index (χ1) is 9.76. The van der Waals surface area contributed by atoms with Crippen molar-refractivity contribution in [3.8, 4) is 5.75 Å². The Morgan fingerprint density at radius 2 is 1.85 bits per heavy atom. The lowest BCUT2D eigenvalue weighted by atomic mass is 9.99. The van der Waals surface area contributed by atoms with Crippen LogP contribution in [0.15, 0.2) is 42.5 Å². The molecule has 102 valence electrons. The maximum absolute atomic E-state index is 12.3. The molecule has 0 saturated heterocycles. The second kappa shape index (κ2) is 5.49. The summed E-state index contributed by atoms with van der Waals surface area (Å²) in [5.74, 6) is 1.10. The van der Waals surface area contributed by atoms with E-state index in [0.29, 0.717) is 6.42 Å². The standard InChI is InChI=1S/C18H18O2/c1-2-13-3-5-14(6-4-13)11-17(19)15-7-8-18-16(12-15)9-10-20-18/h3-8,12H,2,9-11H2,1H3. The van der Waals surface area contributed by atoms with Crippen LogP contribution in [0.4, 0.5) is 0 Å². The monoisotopic (exact) mass is 266 g/mol. The van der Waals surface area contributed by atoms with E-state index in [-0.39, 0.29) is 5.78 Å². The van der Waals surface area contributed by atoms with Gasteiger partial charge in [0, 0.05) is 18.4 Å². The van der Waals surface area contributed by atoms with Gasteiger partial charge in [-0.1, -0.05) is 31.2 Å². The van der Waals surface area contributed by atoms with Gasteiger partial charge in [0.05, 0.1) is 6.61 Å². The van der Waals surface area contributed by atoms with Crippen molar-refractivity contribution in [2.24, 2.45) is 0 Å². The van der Waals surface area contributed by atoms with Gasteiger partial charge in [-0.3, -0.25) is 4.79 Å². The molecule has 0 N–H and O–H groups in total. The first-order valence-electron chi connectivity index (χ1n) is 7.13. The molecule has 2 aromatic rings. The Balaban J connectivity index is 1.75. The van der Waals surface area contributed by atoms with E-state index in [1.807, 2.05) is 30.3 Å². The molecule has 0 aliphatic carbocycles. The number of carbonyl (C=O) groups is 1. The summed E-state index contributed by atoms with van der Waals surface area (Å²) in [5, 5.41) is 0. The molecule has 20 heavy (non-hydrogen) atoms. The van der Waals surface area contributed by atoms with Crippen LogP contribution in [0.3, 0.4) is 0 Å². The lowest BCUT2D eigenvalue weighted by Crippen LogP contribution is -2.04. The normalized spacial score (nSPS) is 12.8. The number of fused-ring (bicyclic) bond motifs is 1. The Bertz CT molecular complexity index is 626. The first-order valence-corrected chi connectivity index (χ1v) is 7.13. The minimum Gasteiger partial charge on any atom is -0.493 e. The molecule has 0 spiro atoms. The molecule has 2 nitrogen and oxygen atoms in total. The number of benzene rings is 2. The molecule has 3 rings (SSSR count). The van der Waals surface area contributed by atoms with E-state index in [2.05, 4.69) is 19.1 Å². The van der Waals surface area contributed by atoms with Crippen LogP contribution in [-0.2, 0) is 19.3 Å². The molecule has 2 heteroatoms. The molecule has 0 aromatic heterocycles. The Labute approximate surface area is 119 Å². The summed E-state index contributed by atoms with van der Waals surface area (Å²) in [6, 6.07) is 14.0. The minimum absolute atomic E-state index is 0.170. The van der Waals surface area contributed by atoms with Crippen molar-refractivity contribution in [3.05, 3.63) is 64.7 Å². The average Bonchev–Trinajstić information content (AvgIpc) is 2.95. The van der Waals surface area contributed by atoms with Gasteiger partial charge in [-0.05, 0) is 41.3 Å². The van der Waals surface area contributed by atoms with Crippen LogP contribution in [0.1, 0.15) is 34.0 Å². The summed E-state index contributed by atoms with van der Waals surface area (Å²) in [6.45, 7) is 2.86. The molecule has 0 bridgehead atoms. The summed E-state index contributed by atoms with van der Waals surface area (Å²) in [5.41, 5.74) is 4.31. The first kappa shape index (κ1) is 12.9. The van der Waals surface area contributed by atoms with Gasteiger partial charge in [0.15, 0.2) is 5.78 Å². The van der Waals surface area contributed by atoms with E-state index in [4.69, 9.17) is 4.74 Å². The molecule has 0 unspecified atom stereocenters. The largest absolute Gasteiger partial charge is 0.493 e. The molecular formula is C18H18O2. The molecule has 2 aromatic carbocycles. The molecule has 0 saturated carbocycles. The third kappa shape index (κ3) is 2.60. The molecule has 0 amide bonds. The predicted octanol–water partition coefficient (Wildman–Crippen LogP) is 3.61. The molecule has 1 aliphatic heterocycles. The van der Waals surface area contributed by atoms with E-state index >= 15 is 0 Å². The highest BCUT2D eigenvalue weighted by Crippen LogP contribution is 2.26. The van der Waals surface area contributed by atoms with Crippen LogP contribution < -0.4 is 4.74 Å². The Morgan fingerprint density at radius 1 is 1.10 bits per heavy atom. The maximum Gasteiger partial charge on any atom is 0.167 e. The van der Waals surface area contributed by atoms with Gasteiger partial charge in [-0.25, -0.2) is 0 Å². The predicted molar refractivity (Wildman–Crippen MR) is 79.5 cm³/mol. The zero-order chi connectivity index (χ0) is 13.9. The van der Waals surface area contributed by atoms with E-state index in [1.54, 1.807) is 0 Å². The van der Waals surface area contributed by atoms with Gasteiger partial charge < -0.3 is 4.74 Å². The van der Waals surface area contributed by atoms with Crippen LogP contribution in [-0.4, -0.2) is 12.4 Å². The van der Waals surface area contributed by atoms with E-state index in [1.165, 1.54) is 5.56 Å². The van der Waals surface area contributed by atoms with Crippen molar-refractivity contribution >= 4 is 5.78 Å². The maximum atomic E-state index is 12.3. The van der Waals surface area contributed by atoms with Crippen LogP contribution in [0, 0.1) is 0 Å². The minimum atomic E-state index is 0.170. The quantitative estimate of drug-likeness (QED) is 0.790. The smallest absolute Gasteiger partial charge is 0.167 e. The number of Topliss-reactive ketones (excluding diaryl/α,β-unsaturated/α-hetero) is 1. The molecule has 0 atom stereocenters. The Hall–Kier alpha value is -2.09. The molecule has 1 aliphatic rings. The van der Waals surface area contributed by atoms with Gasteiger partial charge in [0.2, 0.25) is 0 Å². The van der Waals surface area contributed by atoms with Crippen LogP contribution in [0.5, 0.6) is 5.75 Å². The number of ether oxygens (including phenoxy) is 1. The van der Waals surface area contributed by atoms with Gasteiger partial charge >= 0.3 is 0 Å². The van der Waals surface area contributed by atoms with E-state index in [0.717, 1.165) is 41.9 Å². The molecular weight excluding hydrogens is 248 g/mol. The number of carbonyl (C=O) groups excluding carboxylic acids is 1.